The summed E-state index contributed by atoms with van der Waals surface area (Å²) in [6.07, 6.45) is 3.97. The lowest BCUT2D eigenvalue weighted by atomic mass is 10.0. The Kier molecular flexibility index (Phi) is 5.50. The number of likely N-dealkylation sites (tertiary alicyclic amines) is 1. The molecule has 0 spiro atoms. The van der Waals surface area contributed by atoms with E-state index in [1.807, 2.05) is 24.3 Å². The summed E-state index contributed by atoms with van der Waals surface area (Å²) in [5.41, 5.74) is 2.67. The number of rotatable bonds is 4. The Morgan fingerprint density at radius 3 is 2.59 bits per heavy atom. The minimum Gasteiger partial charge on any atom is -0.381 e. The zero-order chi connectivity index (χ0) is 18.6. The van der Waals surface area contributed by atoms with Crippen LogP contribution in [0.25, 0.3) is 11.1 Å². The van der Waals surface area contributed by atoms with E-state index in [4.69, 9.17) is 4.74 Å². The topological polar surface area (TPSA) is 41.6 Å². The van der Waals surface area contributed by atoms with Crippen molar-refractivity contribution < 1.29 is 13.9 Å². The molecule has 4 rings (SSSR count). The molecule has 2 aromatic rings. The van der Waals surface area contributed by atoms with E-state index in [-0.39, 0.29) is 17.8 Å². The molecule has 1 atom stereocenters. The third-order valence-electron chi connectivity index (χ3n) is 5.56. The van der Waals surface area contributed by atoms with Crippen LogP contribution in [0.4, 0.5) is 10.1 Å². The van der Waals surface area contributed by atoms with Crippen molar-refractivity contribution in [3.63, 3.8) is 0 Å². The molecular formula is C22H25FN2O2. The summed E-state index contributed by atoms with van der Waals surface area (Å²) in [5.74, 6) is -0.187. The number of nitrogens with one attached hydrogen (secondary N) is 1. The van der Waals surface area contributed by atoms with Crippen LogP contribution < -0.4 is 5.32 Å². The van der Waals surface area contributed by atoms with Gasteiger partial charge in [-0.2, -0.15) is 0 Å². The lowest BCUT2D eigenvalue weighted by Crippen LogP contribution is -2.47. The van der Waals surface area contributed by atoms with Gasteiger partial charge in [0.1, 0.15) is 5.82 Å². The van der Waals surface area contributed by atoms with Crippen molar-refractivity contribution in [2.45, 2.75) is 37.8 Å². The Balaban J connectivity index is 1.46. The summed E-state index contributed by atoms with van der Waals surface area (Å²) in [6.45, 7) is 2.56. The van der Waals surface area contributed by atoms with Crippen molar-refractivity contribution in [3.05, 3.63) is 54.3 Å². The van der Waals surface area contributed by atoms with E-state index in [0.717, 1.165) is 62.3 Å². The number of nitrogens with zero attached hydrogens (tertiary/aromatic N) is 1. The number of amides is 1. The summed E-state index contributed by atoms with van der Waals surface area (Å²) in [6, 6.07) is 14.5. The standard InChI is InChI=1S/C22H25FN2O2/c23-18-8-6-16(7-9-18)17-3-1-4-19(15-17)24-22(26)21-5-2-12-25(21)20-10-13-27-14-11-20/h1,3-4,6-9,15,20-21H,2,5,10-14H2,(H,24,26). The summed E-state index contributed by atoms with van der Waals surface area (Å²) in [4.78, 5) is 15.3. The zero-order valence-corrected chi connectivity index (χ0v) is 15.4. The first-order valence-electron chi connectivity index (χ1n) is 9.71. The van der Waals surface area contributed by atoms with Gasteiger partial charge in [0, 0.05) is 24.9 Å². The Bertz CT molecular complexity index is 787. The third-order valence-corrected chi connectivity index (χ3v) is 5.56. The quantitative estimate of drug-likeness (QED) is 0.884. The summed E-state index contributed by atoms with van der Waals surface area (Å²) in [7, 11) is 0. The van der Waals surface area contributed by atoms with Crippen LogP contribution in [0.2, 0.25) is 0 Å². The Morgan fingerprint density at radius 1 is 1.04 bits per heavy atom. The maximum Gasteiger partial charge on any atom is 0.241 e. The highest BCUT2D eigenvalue weighted by Gasteiger charge is 2.35. The average Bonchev–Trinajstić information content (AvgIpc) is 3.19. The van der Waals surface area contributed by atoms with Gasteiger partial charge in [-0.15, -0.1) is 0 Å². The molecule has 1 amide bonds. The summed E-state index contributed by atoms with van der Waals surface area (Å²) >= 11 is 0. The van der Waals surface area contributed by atoms with Gasteiger partial charge in [0.25, 0.3) is 0 Å². The van der Waals surface area contributed by atoms with Gasteiger partial charge in [0.15, 0.2) is 0 Å². The van der Waals surface area contributed by atoms with Gasteiger partial charge in [-0.25, -0.2) is 4.39 Å². The number of ether oxygens (including phenoxy) is 1. The first-order valence-corrected chi connectivity index (χ1v) is 9.71. The predicted molar refractivity (Wildman–Crippen MR) is 104 cm³/mol. The Hall–Kier alpha value is -2.24. The second-order valence-corrected chi connectivity index (χ2v) is 7.32. The molecule has 2 heterocycles. The highest BCUT2D eigenvalue weighted by molar-refractivity contribution is 5.95. The van der Waals surface area contributed by atoms with Gasteiger partial charge in [-0.05, 0) is 67.6 Å². The Labute approximate surface area is 159 Å². The van der Waals surface area contributed by atoms with Crippen LogP contribution in [-0.4, -0.2) is 42.6 Å². The number of carbonyl (C=O) groups is 1. The molecule has 2 aliphatic rings. The lowest BCUT2D eigenvalue weighted by Gasteiger charge is -2.34. The number of hydrogen-bond donors (Lipinski definition) is 1. The van der Waals surface area contributed by atoms with Crippen molar-refractivity contribution in [3.8, 4) is 11.1 Å². The fraction of sp³-hybridized carbons (Fsp3) is 0.409. The smallest absolute Gasteiger partial charge is 0.241 e. The third kappa shape index (κ3) is 4.20. The maximum atomic E-state index is 13.1. The highest BCUT2D eigenvalue weighted by atomic mass is 19.1. The molecule has 2 aromatic carbocycles. The molecule has 4 nitrogen and oxygen atoms in total. The molecule has 142 valence electrons. The van der Waals surface area contributed by atoms with Gasteiger partial charge >= 0.3 is 0 Å². The van der Waals surface area contributed by atoms with Gasteiger partial charge in [0.05, 0.1) is 6.04 Å². The van der Waals surface area contributed by atoms with E-state index in [9.17, 15) is 9.18 Å². The molecule has 5 heteroatoms. The number of anilines is 1. The van der Waals surface area contributed by atoms with Crippen molar-refractivity contribution in [1.82, 2.24) is 4.90 Å². The van der Waals surface area contributed by atoms with Crippen LogP contribution in [0.1, 0.15) is 25.7 Å². The largest absolute Gasteiger partial charge is 0.381 e. The molecule has 0 bridgehead atoms. The van der Waals surface area contributed by atoms with Gasteiger partial charge in [-0.1, -0.05) is 24.3 Å². The van der Waals surface area contributed by atoms with E-state index in [2.05, 4.69) is 10.2 Å². The number of benzene rings is 2. The maximum absolute atomic E-state index is 13.1. The highest BCUT2D eigenvalue weighted by Crippen LogP contribution is 2.27. The van der Waals surface area contributed by atoms with Gasteiger partial charge < -0.3 is 10.1 Å². The van der Waals surface area contributed by atoms with Crippen LogP contribution in [0.15, 0.2) is 48.5 Å². The molecule has 27 heavy (non-hydrogen) atoms. The van der Waals surface area contributed by atoms with E-state index < -0.39 is 0 Å². The second-order valence-electron chi connectivity index (χ2n) is 7.32. The van der Waals surface area contributed by atoms with Crippen molar-refractivity contribution in [1.29, 1.82) is 0 Å². The van der Waals surface area contributed by atoms with Gasteiger partial charge in [0.2, 0.25) is 5.91 Å². The lowest BCUT2D eigenvalue weighted by molar-refractivity contribution is -0.121. The molecule has 1 N–H and O–H groups in total. The number of hydrogen-bond acceptors (Lipinski definition) is 3. The monoisotopic (exact) mass is 368 g/mol. The first kappa shape index (κ1) is 18.1. The number of halogens is 1. The average molecular weight is 368 g/mol. The van der Waals surface area contributed by atoms with E-state index in [1.54, 1.807) is 12.1 Å². The second kappa shape index (κ2) is 8.19. The normalized spacial score (nSPS) is 21.3. The van der Waals surface area contributed by atoms with Crippen LogP contribution in [0, 0.1) is 5.82 Å². The summed E-state index contributed by atoms with van der Waals surface area (Å²) < 4.78 is 18.6. The van der Waals surface area contributed by atoms with Crippen LogP contribution in [0.5, 0.6) is 0 Å². The van der Waals surface area contributed by atoms with Gasteiger partial charge in [-0.3, -0.25) is 9.69 Å². The molecule has 0 radical (unpaired) electrons. The zero-order valence-electron chi connectivity index (χ0n) is 15.4. The molecular weight excluding hydrogens is 343 g/mol. The molecule has 0 aliphatic carbocycles. The van der Waals surface area contributed by atoms with Crippen LogP contribution in [-0.2, 0) is 9.53 Å². The molecule has 0 saturated carbocycles. The molecule has 0 aromatic heterocycles. The summed E-state index contributed by atoms with van der Waals surface area (Å²) in [5, 5.41) is 3.09. The van der Waals surface area contributed by atoms with Crippen molar-refractivity contribution in [2.75, 3.05) is 25.1 Å². The van der Waals surface area contributed by atoms with Crippen molar-refractivity contribution >= 4 is 11.6 Å². The molecule has 2 aliphatic heterocycles. The van der Waals surface area contributed by atoms with E-state index in [1.165, 1.54) is 12.1 Å². The van der Waals surface area contributed by atoms with Crippen LogP contribution in [0.3, 0.4) is 0 Å². The van der Waals surface area contributed by atoms with Crippen molar-refractivity contribution in [2.24, 2.45) is 0 Å². The Morgan fingerprint density at radius 2 is 1.81 bits per heavy atom. The van der Waals surface area contributed by atoms with Crippen LogP contribution >= 0.6 is 0 Å². The van der Waals surface area contributed by atoms with E-state index in [0.29, 0.717) is 6.04 Å². The fourth-order valence-electron chi connectivity index (χ4n) is 4.17. The molecule has 2 saturated heterocycles. The minimum atomic E-state index is -0.252. The van der Waals surface area contributed by atoms with E-state index >= 15 is 0 Å². The SMILES string of the molecule is O=C(Nc1cccc(-c2ccc(F)cc2)c1)C1CCCN1C1CCOCC1. The number of carbonyl (C=O) groups excluding carboxylic acids is 1. The fourth-order valence-corrected chi connectivity index (χ4v) is 4.17. The first-order chi connectivity index (χ1) is 13.2. The minimum absolute atomic E-state index is 0.0650. The predicted octanol–water partition coefficient (Wildman–Crippen LogP) is 4.07. The molecule has 1 unspecified atom stereocenters. The molecule has 2 fully saturated rings.